The normalized spacial score (nSPS) is 18.9. The monoisotopic (exact) mass is 178 g/mol. The smallest absolute Gasteiger partial charge is 0.0924 e. The summed E-state index contributed by atoms with van der Waals surface area (Å²) >= 11 is 0. The molecule has 1 aliphatic carbocycles. The van der Waals surface area contributed by atoms with Gasteiger partial charge in [-0.15, -0.1) is 0 Å². The molecule has 0 aromatic rings. The van der Waals surface area contributed by atoms with E-state index in [2.05, 4.69) is 17.5 Å². The highest BCUT2D eigenvalue weighted by Crippen LogP contribution is 2.19. The van der Waals surface area contributed by atoms with Crippen molar-refractivity contribution in [1.29, 1.82) is 5.26 Å². The zero-order chi connectivity index (χ0) is 9.52. The Morgan fingerprint density at radius 3 is 3.08 bits per heavy atom. The average Bonchev–Trinajstić information content (AvgIpc) is 2.19. The van der Waals surface area contributed by atoms with Crippen molar-refractivity contribution in [3.05, 3.63) is 11.6 Å². The standard InChI is InChI=1S/C11H18N2/c1-10(9-12)13-8-7-11-5-3-2-4-6-11/h5,10,13H,2-4,6-8H2,1H3. The van der Waals surface area contributed by atoms with Crippen LogP contribution in [0.1, 0.15) is 39.0 Å². The predicted octanol–water partition coefficient (Wildman–Crippen LogP) is 2.38. The highest BCUT2D eigenvalue weighted by Gasteiger charge is 2.03. The van der Waals surface area contributed by atoms with Crippen LogP contribution >= 0.6 is 0 Å². The fourth-order valence-electron chi connectivity index (χ4n) is 1.63. The first kappa shape index (κ1) is 10.3. The van der Waals surface area contributed by atoms with Gasteiger partial charge in [0.05, 0.1) is 12.1 Å². The molecule has 0 bridgehead atoms. The van der Waals surface area contributed by atoms with Crippen LogP contribution in [0.15, 0.2) is 11.6 Å². The molecule has 1 rings (SSSR count). The van der Waals surface area contributed by atoms with Gasteiger partial charge in [-0.2, -0.15) is 5.26 Å². The van der Waals surface area contributed by atoms with E-state index in [0.29, 0.717) is 0 Å². The Kier molecular flexibility index (Phi) is 4.56. The van der Waals surface area contributed by atoms with Crippen LogP contribution in [0, 0.1) is 11.3 Å². The topological polar surface area (TPSA) is 35.8 Å². The van der Waals surface area contributed by atoms with Crippen LogP contribution in [0.25, 0.3) is 0 Å². The average molecular weight is 178 g/mol. The molecule has 0 saturated heterocycles. The first-order valence-corrected chi connectivity index (χ1v) is 5.14. The molecular formula is C11H18N2. The fraction of sp³-hybridized carbons (Fsp3) is 0.727. The van der Waals surface area contributed by atoms with Crippen LogP contribution in [0.4, 0.5) is 0 Å². The number of nitrogens with zero attached hydrogens (tertiary/aromatic N) is 1. The van der Waals surface area contributed by atoms with E-state index in [1.54, 1.807) is 5.57 Å². The Morgan fingerprint density at radius 1 is 1.62 bits per heavy atom. The maximum atomic E-state index is 8.54. The minimum absolute atomic E-state index is 0.0100. The molecule has 0 aromatic heterocycles. The molecule has 0 spiro atoms. The third kappa shape index (κ3) is 4.10. The Bertz CT molecular complexity index is 213. The zero-order valence-electron chi connectivity index (χ0n) is 8.34. The third-order valence-electron chi connectivity index (χ3n) is 2.48. The lowest BCUT2D eigenvalue weighted by atomic mass is 9.97. The van der Waals surface area contributed by atoms with Gasteiger partial charge < -0.3 is 5.32 Å². The van der Waals surface area contributed by atoms with Crippen LogP contribution in [-0.2, 0) is 0 Å². The molecular weight excluding hydrogens is 160 g/mol. The van der Waals surface area contributed by atoms with E-state index >= 15 is 0 Å². The molecule has 72 valence electrons. The van der Waals surface area contributed by atoms with Gasteiger partial charge in [0, 0.05) is 6.54 Å². The Morgan fingerprint density at radius 2 is 2.46 bits per heavy atom. The fourth-order valence-corrected chi connectivity index (χ4v) is 1.63. The van der Waals surface area contributed by atoms with Crippen LogP contribution in [-0.4, -0.2) is 12.6 Å². The van der Waals surface area contributed by atoms with Crippen molar-refractivity contribution < 1.29 is 0 Å². The summed E-state index contributed by atoms with van der Waals surface area (Å²) in [5.74, 6) is 0. The summed E-state index contributed by atoms with van der Waals surface area (Å²) in [5.41, 5.74) is 1.57. The summed E-state index contributed by atoms with van der Waals surface area (Å²) in [7, 11) is 0. The van der Waals surface area contributed by atoms with Crippen molar-refractivity contribution in [3.8, 4) is 6.07 Å². The molecule has 0 heterocycles. The SMILES string of the molecule is CC(C#N)NCCC1=CCCCC1. The molecule has 2 nitrogen and oxygen atoms in total. The molecule has 0 aliphatic heterocycles. The van der Waals surface area contributed by atoms with E-state index < -0.39 is 0 Å². The Hall–Kier alpha value is -0.810. The first-order chi connectivity index (χ1) is 6.33. The highest BCUT2D eigenvalue weighted by molar-refractivity contribution is 5.05. The predicted molar refractivity (Wildman–Crippen MR) is 54.2 cm³/mol. The number of nitriles is 1. The number of nitrogens with one attached hydrogen (secondary N) is 1. The molecule has 0 saturated carbocycles. The van der Waals surface area contributed by atoms with E-state index in [4.69, 9.17) is 5.26 Å². The van der Waals surface area contributed by atoms with E-state index in [1.807, 2.05) is 6.92 Å². The van der Waals surface area contributed by atoms with Crippen molar-refractivity contribution in [2.75, 3.05) is 6.54 Å². The van der Waals surface area contributed by atoms with E-state index in [9.17, 15) is 0 Å². The van der Waals surface area contributed by atoms with Crippen molar-refractivity contribution in [2.45, 2.75) is 45.1 Å². The summed E-state index contributed by atoms with van der Waals surface area (Å²) in [6, 6.07) is 2.16. The lowest BCUT2D eigenvalue weighted by molar-refractivity contribution is 0.609. The van der Waals surface area contributed by atoms with Gasteiger partial charge in [-0.1, -0.05) is 11.6 Å². The molecule has 13 heavy (non-hydrogen) atoms. The second kappa shape index (κ2) is 5.77. The van der Waals surface area contributed by atoms with Gasteiger partial charge in [0.2, 0.25) is 0 Å². The van der Waals surface area contributed by atoms with Gasteiger partial charge in [-0.25, -0.2) is 0 Å². The van der Waals surface area contributed by atoms with Gasteiger partial charge in [0.25, 0.3) is 0 Å². The molecule has 1 aliphatic rings. The van der Waals surface area contributed by atoms with Crippen LogP contribution in [0.2, 0.25) is 0 Å². The maximum Gasteiger partial charge on any atom is 0.0924 e. The number of hydrogen-bond donors (Lipinski definition) is 1. The minimum atomic E-state index is -0.0100. The van der Waals surface area contributed by atoms with Crippen molar-refractivity contribution >= 4 is 0 Å². The van der Waals surface area contributed by atoms with Crippen molar-refractivity contribution in [3.63, 3.8) is 0 Å². The molecule has 1 N–H and O–H groups in total. The van der Waals surface area contributed by atoms with Gasteiger partial charge in [-0.3, -0.25) is 0 Å². The molecule has 1 unspecified atom stereocenters. The summed E-state index contributed by atoms with van der Waals surface area (Å²) in [4.78, 5) is 0. The van der Waals surface area contributed by atoms with Gasteiger partial charge in [0.1, 0.15) is 0 Å². The molecule has 1 atom stereocenters. The summed E-state index contributed by atoms with van der Waals surface area (Å²) in [6.45, 7) is 2.84. The third-order valence-corrected chi connectivity index (χ3v) is 2.48. The molecule has 0 radical (unpaired) electrons. The largest absolute Gasteiger partial charge is 0.302 e. The molecule has 2 heteroatoms. The second-order valence-electron chi connectivity index (χ2n) is 3.66. The Balaban J connectivity index is 2.12. The number of hydrogen-bond acceptors (Lipinski definition) is 2. The Labute approximate surface area is 80.6 Å². The molecule has 0 amide bonds. The van der Waals surface area contributed by atoms with Crippen LogP contribution in [0.5, 0.6) is 0 Å². The number of rotatable bonds is 4. The van der Waals surface area contributed by atoms with Gasteiger partial charge in [0.15, 0.2) is 0 Å². The van der Waals surface area contributed by atoms with E-state index in [-0.39, 0.29) is 6.04 Å². The zero-order valence-corrected chi connectivity index (χ0v) is 8.34. The maximum absolute atomic E-state index is 8.54. The second-order valence-corrected chi connectivity index (χ2v) is 3.66. The minimum Gasteiger partial charge on any atom is -0.302 e. The molecule has 0 fully saturated rings. The quantitative estimate of drug-likeness (QED) is 0.671. The summed E-state index contributed by atoms with van der Waals surface area (Å²) in [5, 5.41) is 11.7. The highest BCUT2D eigenvalue weighted by atomic mass is 14.9. The van der Waals surface area contributed by atoms with E-state index in [0.717, 1.165) is 13.0 Å². The van der Waals surface area contributed by atoms with E-state index in [1.165, 1.54) is 25.7 Å². The summed E-state index contributed by atoms with van der Waals surface area (Å²) in [6.07, 6.45) is 8.70. The summed E-state index contributed by atoms with van der Waals surface area (Å²) < 4.78 is 0. The number of allylic oxidation sites excluding steroid dienone is 1. The van der Waals surface area contributed by atoms with Crippen molar-refractivity contribution in [1.82, 2.24) is 5.32 Å². The van der Waals surface area contributed by atoms with Gasteiger partial charge >= 0.3 is 0 Å². The van der Waals surface area contributed by atoms with Crippen LogP contribution in [0.3, 0.4) is 0 Å². The lowest BCUT2D eigenvalue weighted by Crippen LogP contribution is -2.25. The van der Waals surface area contributed by atoms with Crippen molar-refractivity contribution in [2.24, 2.45) is 0 Å². The lowest BCUT2D eigenvalue weighted by Gasteiger charge is -2.13. The first-order valence-electron chi connectivity index (χ1n) is 5.14. The van der Waals surface area contributed by atoms with Crippen LogP contribution < -0.4 is 5.32 Å². The molecule has 0 aromatic carbocycles. The van der Waals surface area contributed by atoms with Gasteiger partial charge in [-0.05, 0) is 39.0 Å².